The molecule has 0 radical (unpaired) electrons. The van der Waals surface area contributed by atoms with Gasteiger partial charge in [0.05, 0.1) is 23.6 Å². The lowest BCUT2D eigenvalue weighted by Gasteiger charge is -2.04. The first-order valence-corrected chi connectivity index (χ1v) is 8.65. The summed E-state index contributed by atoms with van der Waals surface area (Å²) in [5, 5.41) is 13.0. The number of aromatic nitrogens is 4. The molecular weight excluding hydrogens is 340 g/mol. The van der Waals surface area contributed by atoms with E-state index in [-0.39, 0.29) is 5.91 Å². The van der Waals surface area contributed by atoms with Crippen LogP contribution in [-0.2, 0) is 11.3 Å². The number of amides is 1. The van der Waals surface area contributed by atoms with E-state index in [0.29, 0.717) is 24.2 Å². The van der Waals surface area contributed by atoms with Crippen LogP contribution in [0.1, 0.15) is 17.7 Å². The number of nitrogens with one attached hydrogen (secondary N) is 1. The molecule has 27 heavy (non-hydrogen) atoms. The van der Waals surface area contributed by atoms with Crippen LogP contribution >= 0.6 is 0 Å². The van der Waals surface area contributed by atoms with Gasteiger partial charge in [-0.2, -0.15) is 10.2 Å². The number of carbonyl (C=O) groups excluding carboxylic acids is 1. The maximum Gasteiger partial charge on any atom is 0.241 e. The van der Waals surface area contributed by atoms with Crippen molar-refractivity contribution < 1.29 is 4.79 Å². The molecule has 0 unspecified atom stereocenters. The molecule has 3 aromatic heterocycles. The maximum absolute atomic E-state index is 12.1. The number of fused-ring (bicyclic) bond motifs is 2. The number of pyridine rings is 1. The lowest BCUT2D eigenvalue weighted by molar-refractivity contribution is -0.121. The molecule has 1 amide bonds. The molecule has 1 N–H and O–H groups in total. The molecule has 7 nitrogen and oxygen atoms in total. The molecule has 134 valence electrons. The van der Waals surface area contributed by atoms with Crippen molar-refractivity contribution in [2.45, 2.75) is 19.9 Å². The van der Waals surface area contributed by atoms with Gasteiger partial charge in [-0.1, -0.05) is 18.2 Å². The molecule has 7 heteroatoms. The van der Waals surface area contributed by atoms with Gasteiger partial charge in [-0.25, -0.2) is 10.4 Å². The molecule has 3 heterocycles. The van der Waals surface area contributed by atoms with Crippen molar-refractivity contribution in [3.63, 3.8) is 0 Å². The van der Waals surface area contributed by atoms with E-state index < -0.39 is 0 Å². The molecule has 0 saturated heterocycles. The van der Waals surface area contributed by atoms with Crippen LogP contribution in [-0.4, -0.2) is 31.9 Å². The minimum Gasteiger partial charge on any atom is -0.347 e. The molecule has 0 aliphatic carbocycles. The second-order valence-corrected chi connectivity index (χ2v) is 6.24. The Kier molecular flexibility index (Phi) is 4.57. The van der Waals surface area contributed by atoms with E-state index >= 15 is 0 Å². The summed E-state index contributed by atoms with van der Waals surface area (Å²) < 4.78 is 2.10. The van der Waals surface area contributed by atoms with Gasteiger partial charge in [0.2, 0.25) is 5.91 Å². The predicted molar refractivity (Wildman–Crippen MR) is 104 cm³/mol. The summed E-state index contributed by atoms with van der Waals surface area (Å²) in [4.78, 5) is 16.5. The van der Waals surface area contributed by atoms with Crippen LogP contribution in [0.5, 0.6) is 0 Å². The molecule has 0 bridgehead atoms. The number of carbonyl (C=O) groups is 1. The number of benzene rings is 1. The van der Waals surface area contributed by atoms with Gasteiger partial charge in [0.25, 0.3) is 0 Å². The molecular formula is C20H18N6O. The lowest BCUT2D eigenvalue weighted by Crippen LogP contribution is -2.19. The summed E-state index contributed by atoms with van der Waals surface area (Å²) in [6.07, 6.45) is 5.52. The van der Waals surface area contributed by atoms with Crippen LogP contribution in [0.25, 0.3) is 21.9 Å². The summed E-state index contributed by atoms with van der Waals surface area (Å²) in [6, 6.07) is 13.6. The molecule has 0 saturated carbocycles. The van der Waals surface area contributed by atoms with Gasteiger partial charge in [-0.3, -0.25) is 4.79 Å². The highest BCUT2D eigenvalue weighted by Crippen LogP contribution is 2.20. The summed E-state index contributed by atoms with van der Waals surface area (Å²) in [5.74, 6) is -0.145. The predicted octanol–water partition coefficient (Wildman–Crippen LogP) is 2.83. The zero-order chi connectivity index (χ0) is 18.6. The fourth-order valence-electron chi connectivity index (χ4n) is 3.03. The Balaban J connectivity index is 1.36. The molecule has 0 atom stereocenters. The third-order valence-corrected chi connectivity index (χ3v) is 4.34. The van der Waals surface area contributed by atoms with E-state index in [2.05, 4.69) is 55.5 Å². The van der Waals surface area contributed by atoms with Crippen molar-refractivity contribution in [3.8, 4) is 0 Å². The van der Waals surface area contributed by atoms with E-state index in [1.165, 1.54) is 17.2 Å². The standard InChI is InChI=1S/C20H18N6O/c1-14-13-26(19-5-3-2-4-16(14)19)11-9-20(27)25-22-12-15-6-7-18-17(23-15)8-10-21-24-18/h2-8,10,12-13H,9,11H2,1H3,(H,25,27)/b22-12+. The summed E-state index contributed by atoms with van der Waals surface area (Å²) >= 11 is 0. The van der Waals surface area contributed by atoms with Gasteiger partial charge < -0.3 is 4.57 Å². The van der Waals surface area contributed by atoms with Crippen molar-refractivity contribution in [1.29, 1.82) is 0 Å². The van der Waals surface area contributed by atoms with Gasteiger partial charge in [0.1, 0.15) is 5.52 Å². The number of nitrogens with zero attached hydrogens (tertiary/aromatic N) is 5. The molecule has 4 rings (SSSR count). The second kappa shape index (κ2) is 7.33. The van der Waals surface area contributed by atoms with Gasteiger partial charge in [0, 0.05) is 30.1 Å². The van der Waals surface area contributed by atoms with Gasteiger partial charge in [0.15, 0.2) is 0 Å². The molecule has 1 aromatic carbocycles. The SMILES string of the molecule is Cc1cn(CCC(=O)N/N=C/c2ccc3nnccc3n2)c2ccccc12. The first-order valence-electron chi connectivity index (χ1n) is 8.65. The third kappa shape index (κ3) is 3.67. The first-order chi connectivity index (χ1) is 13.2. The molecule has 0 aliphatic rings. The molecule has 4 aromatic rings. The summed E-state index contributed by atoms with van der Waals surface area (Å²) in [7, 11) is 0. The monoisotopic (exact) mass is 358 g/mol. The van der Waals surface area contributed by atoms with Crippen molar-refractivity contribution in [2.75, 3.05) is 0 Å². The van der Waals surface area contributed by atoms with Gasteiger partial charge >= 0.3 is 0 Å². The number of hydrogen-bond donors (Lipinski definition) is 1. The minimum absolute atomic E-state index is 0.145. The highest BCUT2D eigenvalue weighted by molar-refractivity contribution is 5.85. The van der Waals surface area contributed by atoms with Crippen LogP contribution in [0.3, 0.4) is 0 Å². The van der Waals surface area contributed by atoms with Gasteiger partial charge in [-0.05, 0) is 36.8 Å². The van der Waals surface area contributed by atoms with Gasteiger partial charge in [-0.15, -0.1) is 5.10 Å². The normalized spacial score (nSPS) is 11.4. The molecule has 0 spiro atoms. The van der Waals surface area contributed by atoms with Crippen LogP contribution < -0.4 is 5.43 Å². The van der Waals surface area contributed by atoms with Crippen LogP contribution in [0.15, 0.2) is 60.0 Å². The van der Waals surface area contributed by atoms with Crippen molar-refractivity contribution in [1.82, 2.24) is 25.2 Å². The maximum atomic E-state index is 12.1. The average molecular weight is 358 g/mol. The number of hydrogen-bond acceptors (Lipinski definition) is 5. The van der Waals surface area contributed by atoms with Crippen molar-refractivity contribution in [3.05, 3.63) is 66.1 Å². The van der Waals surface area contributed by atoms with E-state index in [1.54, 1.807) is 18.3 Å². The van der Waals surface area contributed by atoms with E-state index in [1.807, 2.05) is 18.2 Å². The number of rotatable bonds is 5. The Hall–Kier alpha value is -3.61. The zero-order valence-corrected chi connectivity index (χ0v) is 14.8. The summed E-state index contributed by atoms with van der Waals surface area (Å²) in [6.45, 7) is 2.67. The lowest BCUT2D eigenvalue weighted by atomic mass is 10.2. The molecule has 0 fully saturated rings. The Morgan fingerprint density at radius 1 is 1.19 bits per heavy atom. The minimum atomic E-state index is -0.145. The van der Waals surface area contributed by atoms with E-state index in [4.69, 9.17) is 0 Å². The topological polar surface area (TPSA) is 85.1 Å². The average Bonchev–Trinajstić information content (AvgIpc) is 3.02. The van der Waals surface area contributed by atoms with Crippen LogP contribution in [0.2, 0.25) is 0 Å². The zero-order valence-electron chi connectivity index (χ0n) is 14.8. The van der Waals surface area contributed by atoms with Crippen molar-refractivity contribution >= 4 is 34.1 Å². The number of para-hydroxylation sites is 1. The Morgan fingerprint density at radius 2 is 2.07 bits per heavy atom. The second-order valence-electron chi connectivity index (χ2n) is 6.24. The van der Waals surface area contributed by atoms with Crippen LogP contribution in [0, 0.1) is 6.92 Å². The Morgan fingerprint density at radius 3 is 3.00 bits per heavy atom. The quantitative estimate of drug-likeness (QED) is 0.439. The fourth-order valence-corrected chi connectivity index (χ4v) is 3.03. The highest BCUT2D eigenvalue weighted by Gasteiger charge is 2.06. The van der Waals surface area contributed by atoms with Crippen LogP contribution in [0.4, 0.5) is 0 Å². The highest BCUT2D eigenvalue weighted by atomic mass is 16.2. The summed E-state index contributed by atoms with van der Waals surface area (Å²) in [5.41, 5.74) is 6.98. The van der Waals surface area contributed by atoms with E-state index in [0.717, 1.165) is 11.0 Å². The Labute approximate surface area is 155 Å². The third-order valence-electron chi connectivity index (χ3n) is 4.34. The largest absolute Gasteiger partial charge is 0.347 e. The number of hydrazone groups is 1. The fraction of sp³-hybridized carbons (Fsp3) is 0.150. The van der Waals surface area contributed by atoms with Crippen molar-refractivity contribution in [2.24, 2.45) is 5.10 Å². The number of aryl methyl sites for hydroxylation is 2. The van der Waals surface area contributed by atoms with E-state index in [9.17, 15) is 4.79 Å². The smallest absolute Gasteiger partial charge is 0.241 e. The Bertz CT molecular complexity index is 1150. The first kappa shape index (κ1) is 16.8. The molecule has 0 aliphatic heterocycles.